The van der Waals surface area contributed by atoms with Crippen LogP contribution in [0.3, 0.4) is 0 Å². The average molecular weight is 218 g/mol. The van der Waals surface area contributed by atoms with Crippen LogP contribution in [0, 0.1) is 12.7 Å². The fourth-order valence-corrected chi connectivity index (χ4v) is 1.29. The molecule has 1 heterocycles. The zero-order valence-corrected chi connectivity index (χ0v) is 9.74. The van der Waals surface area contributed by atoms with E-state index in [1.165, 1.54) is 6.07 Å². The van der Waals surface area contributed by atoms with Gasteiger partial charge >= 0.3 is 0 Å². The van der Waals surface area contributed by atoms with Gasteiger partial charge in [0.1, 0.15) is 5.82 Å². The Balaban J connectivity index is 0.000000606. The monoisotopic (exact) mass is 218 g/mol. The molecule has 0 N–H and O–H groups in total. The topological polar surface area (TPSA) is 25.8 Å². The van der Waals surface area contributed by atoms with Crippen LogP contribution in [0.2, 0.25) is 0 Å². The van der Waals surface area contributed by atoms with E-state index in [-0.39, 0.29) is 5.82 Å². The van der Waals surface area contributed by atoms with E-state index >= 15 is 0 Å². The molecule has 1 aromatic heterocycles. The molecule has 0 aliphatic heterocycles. The molecule has 0 fully saturated rings. The lowest BCUT2D eigenvalue weighted by atomic mass is 10.1. The number of aromatic nitrogens is 2. The largest absolute Gasteiger partial charge is 0.237 e. The number of nitrogens with zero attached hydrogens (tertiary/aromatic N) is 2. The molecular weight excluding hydrogens is 203 g/mol. The predicted molar refractivity (Wildman–Crippen MR) is 63.5 cm³/mol. The minimum Gasteiger partial charge on any atom is -0.237 e. The Bertz CT molecular complexity index is 441. The summed E-state index contributed by atoms with van der Waals surface area (Å²) in [6, 6.07) is 6.64. The molecule has 0 saturated carbocycles. The molecule has 0 spiro atoms. The van der Waals surface area contributed by atoms with Gasteiger partial charge < -0.3 is 0 Å². The van der Waals surface area contributed by atoms with E-state index < -0.39 is 0 Å². The molecule has 0 radical (unpaired) electrons. The third-order valence-corrected chi connectivity index (χ3v) is 2.07. The lowest BCUT2D eigenvalue weighted by molar-refractivity contribution is 0.619. The number of halogens is 1. The summed E-state index contributed by atoms with van der Waals surface area (Å²) in [7, 11) is 0. The maximum Gasteiger partial charge on any atom is 0.159 e. The minimum absolute atomic E-state index is 0.227. The van der Waals surface area contributed by atoms with Gasteiger partial charge in [0.05, 0.1) is 0 Å². The highest BCUT2D eigenvalue weighted by atomic mass is 19.1. The molecule has 0 atom stereocenters. The van der Waals surface area contributed by atoms with Gasteiger partial charge in [0.25, 0.3) is 0 Å². The summed E-state index contributed by atoms with van der Waals surface area (Å²) in [5.74, 6) is 0.333. The summed E-state index contributed by atoms with van der Waals surface area (Å²) in [4.78, 5) is 8.15. The second-order valence-corrected chi connectivity index (χ2v) is 2.98. The summed E-state index contributed by atoms with van der Waals surface area (Å²) in [6.07, 6.45) is 3.29. The van der Waals surface area contributed by atoms with E-state index in [0.29, 0.717) is 11.4 Å². The summed E-state index contributed by atoms with van der Waals surface area (Å²) in [6.45, 7) is 5.72. The van der Waals surface area contributed by atoms with E-state index in [2.05, 4.69) is 9.97 Å². The third-order valence-electron chi connectivity index (χ3n) is 2.07. The number of rotatable bonds is 1. The van der Waals surface area contributed by atoms with Gasteiger partial charge in [-0.1, -0.05) is 26.0 Å². The van der Waals surface area contributed by atoms with Crippen molar-refractivity contribution in [1.29, 1.82) is 0 Å². The highest BCUT2D eigenvalue weighted by molar-refractivity contribution is 5.59. The molecule has 0 aliphatic carbocycles. The first kappa shape index (κ1) is 12.3. The first-order chi connectivity index (χ1) is 7.79. The minimum atomic E-state index is -0.227. The lowest BCUT2D eigenvalue weighted by Crippen LogP contribution is -1.92. The molecule has 2 aromatic rings. The predicted octanol–water partition coefficient (Wildman–Crippen LogP) is 3.62. The molecule has 3 heteroatoms. The highest BCUT2D eigenvalue weighted by Gasteiger charge is 2.06. The number of hydrogen-bond acceptors (Lipinski definition) is 2. The fourth-order valence-electron chi connectivity index (χ4n) is 1.29. The molecule has 0 aliphatic rings. The van der Waals surface area contributed by atoms with Crippen LogP contribution in [0.15, 0.2) is 36.7 Å². The van der Waals surface area contributed by atoms with Crippen LogP contribution >= 0.6 is 0 Å². The van der Waals surface area contributed by atoms with Crippen LogP contribution in [0.25, 0.3) is 11.4 Å². The molecule has 0 bridgehead atoms. The van der Waals surface area contributed by atoms with Crippen molar-refractivity contribution in [3.63, 3.8) is 0 Å². The lowest BCUT2D eigenvalue weighted by Gasteiger charge is -2.03. The van der Waals surface area contributed by atoms with Crippen LogP contribution in [-0.2, 0) is 0 Å². The van der Waals surface area contributed by atoms with Gasteiger partial charge in [0.2, 0.25) is 0 Å². The normalized spacial score (nSPS) is 9.25. The Kier molecular flexibility index (Phi) is 4.58. The van der Waals surface area contributed by atoms with Crippen molar-refractivity contribution in [3.8, 4) is 11.4 Å². The van der Waals surface area contributed by atoms with Crippen molar-refractivity contribution >= 4 is 0 Å². The highest BCUT2D eigenvalue weighted by Crippen LogP contribution is 2.20. The van der Waals surface area contributed by atoms with Crippen molar-refractivity contribution in [2.45, 2.75) is 20.8 Å². The summed E-state index contributed by atoms with van der Waals surface area (Å²) >= 11 is 0. The maximum atomic E-state index is 13.2. The molecule has 0 saturated heterocycles. The van der Waals surface area contributed by atoms with E-state index in [1.807, 2.05) is 19.9 Å². The Morgan fingerprint density at radius 2 is 1.62 bits per heavy atom. The molecule has 2 nitrogen and oxygen atoms in total. The molecule has 0 unspecified atom stereocenters. The Hall–Kier alpha value is -1.77. The second-order valence-electron chi connectivity index (χ2n) is 2.98. The van der Waals surface area contributed by atoms with Gasteiger partial charge in [0.15, 0.2) is 5.82 Å². The van der Waals surface area contributed by atoms with E-state index in [0.717, 1.165) is 5.56 Å². The van der Waals surface area contributed by atoms with Crippen LogP contribution < -0.4 is 0 Å². The molecule has 84 valence electrons. The van der Waals surface area contributed by atoms with Crippen LogP contribution in [0.1, 0.15) is 19.4 Å². The molecule has 1 aromatic carbocycles. The molecule has 0 amide bonds. The van der Waals surface area contributed by atoms with Crippen molar-refractivity contribution in [2.24, 2.45) is 0 Å². The quantitative estimate of drug-likeness (QED) is 0.730. The van der Waals surface area contributed by atoms with Gasteiger partial charge in [-0.3, -0.25) is 0 Å². The Morgan fingerprint density at radius 3 is 2.25 bits per heavy atom. The van der Waals surface area contributed by atoms with Gasteiger partial charge in [0, 0.05) is 18.0 Å². The van der Waals surface area contributed by atoms with Crippen molar-refractivity contribution in [3.05, 3.63) is 48.0 Å². The van der Waals surface area contributed by atoms with Crippen LogP contribution in [0.5, 0.6) is 0 Å². The Labute approximate surface area is 95.2 Å². The smallest absolute Gasteiger partial charge is 0.159 e. The number of hydrogen-bond donors (Lipinski definition) is 0. The van der Waals surface area contributed by atoms with Gasteiger partial charge in [-0.05, 0) is 24.6 Å². The molecule has 2 rings (SSSR count). The number of benzene rings is 1. The maximum absolute atomic E-state index is 13.2. The third kappa shape index (κ3) is 2.63. The van der Waals surface area contributed by atoms with Crippen LogP contribution in [-0.4, -0.2) is 9.97 Å². The van der Waals surface area contributed by atoms with Crippen molar-refractivity contribution in [1.82, 2.24) is 9.97 Å². The van der Waals surface area contributed by atoms with Gasteiger partial charge in [-0.15, -0.1) is 0 Å². The zero-order chi connectivity index (χ0) is 12.0. The fraction of sp³-hybridized carbons (Fsp3) is 0.231. The van der Waals surface area contributed by atoms with Gasteiger partial charge in [-0.25, -0.2) is 14.4 Å². The van der Waals surface area contributed by atoms with E-state index in [4.69, 9.17) is 0 Å². The summed E-state index contributed by atoms with van der Waals surface area (Å²) in [5, 5.41) is 0. The van der Waals surface area contributed by atoms with E-state index in [1.54, 1.807) is 31.5 Å². The summed E-state index contributed by atoms with van der Waals surface area (Å²) < 4.78 is 13.2. The molecular formula is C13H15FN2. The Morgan fingerprint density at radius 1 is 1.00 bits per heavy atom. The second kappa shape index (κ2) is 5.95. The average Bonchev–Trinajstić information content (AvgIpc) is 2.36. The van der Waals surface area contributed by atoms with E-state index in [9.17, 15) is 4.39 Å². The van der Waals surface area contributed by atoms with Gasteiger partial charge in [-0.2, -0.15) is 0 Å². The van der Waals surface area contributed by atoms with Crippen molar-refractivity contribution < 1.29 is 4.39 Å². The first-order valence-corrected chi connectivity index (χ1v) is 5.31. The zero-order valence-electron chi connectivity index (χ0n) is 9.74. The first-order valence-electron chi connectivity index (χ1n) is 5.31. The molecule has 16 heavy (non-hydrogen) atoms. The summed E-state index contributed by atoms with van der Waals surface area (Å²) in [5.41, 5.74) is 1.32. The standard InChI is InChI=1S/C11H9FN2.C2H6/c1-8-9(4-2-5-10(8)12)11-13-6-3-7-14-11;1-2/h2-7H,1H3;1-2H3. The SMILES string of the molecule is CC.Cc1c(F)cccc1-c1ncccn1. The van der Waals surface area contributed by atoms with Crippen LogP contribution in [0.4, 0.5) is 4.39 Å². The van der Waals surface area contributed by atoms with Crippen molar-refractivity contribution in [2.75, 3.05) is 0 Å².